The Kier molecular flexibility index (Phi) is 5.49. The van der Waals surface area contributed by atoms with Crippen LogP contribution in [0.3, 0.4) is 0 Å². The first-order valence-corrected chi connectivity index (χ1v) is 9.67. The van der Waals surface area contributed by atoms with E-state index in [9.17, 15) is 14.0 Å². The molecule has 2 aromatic carbocycles. The van der Waals surface area contributed by atoms with E-state index in [4.69, 9.17) is 4.42 Å². The Morgan fingerprint density at radius 1 is 1.10 bits per heavy atom. The number of furan rings is 1. The average Bonchev–Trinajstić information content (AvgIpc) is 3.36. The van der Waals surface area contributed by atoms with Crippen LogP contribution in [0.25, 0.3) is 17.4 Å². The quantitative estimate of drug-likeness (QED) is 0.484. The summed E-state index contributed by atoms with van der Waals surface area (Å²) >= 11 is 1.17. The maximum atomic E-state index is 13.0. The Balaban J connectivity index is 1.50. The van der Waals surface area contributed by atoms with Gasteiger partial charge in [-0.15, -0.1) is 0 Å². The van der Waals surface area contributed by atoms with Gasteiger partial charge >= 0.3 is 5.97 Å². The number of methoxy groups -OCH3 is 1. The second-order valence-electron chi connectivity index (χ2n) is 6.23. The van der Waals surface area contributed by atoms with Crippen LogP contribution < -0.4 is 5.32 Å². The van der Waals surface area contributed by atoms with Crippen LogP contribution >= 0.6 is 11.8 Å². The van der Waals surface area contributed by atoms with Crippen molar-refractivity contribution in [1.82, 2.24) is 5.32 Å². The van der Waals surface area contributed by atoms with Gasteiger partial charge in [-0.3, -0.25) is 4.79 Å². The summed E-state index contributed by atoms with van der Waals surface area (Å²) in [6.45, 7) is 0. The molecule has 1 saturated heterocycles. The molecule has 0 unspecified atom stereocenters. The number of halogens is 1. The molecule has 0 bridgehead atoms. The number of thioether (sulfide) groups is 1. The van der Waals surface area contributed by atoms with Gasteiger partial charge in [0.1, 0.15) is 17.3 Å². The first kappa shape index (κ1) is 19.7. The monoisotopic (exact) mass is 422 g/mol. The van der Waals surface area contributed by atoms with Gasteiger partial charge in [0.2, 0.25) is 0 Å². The Bertz CT molecular complexity index is 1160. The van der Waals surface area contributed by atoms with Crippen molar-refractivity contribution in [3.8, 4) is 11.3 Å². The molecule has 0 aliphatic carbocycles. The van der Waals surface area contributed by atoms with Crippen LogP contribution in [0.1, 0.15) is 16.1 Å². The van der Waals surface area contributed by atoms with Gasteiger partial charge in [-0.05, 0) is 60.3 Å². The highest BCUT2D eigenvalue weighted by Crippen LogP contribution is 2.30. The summed E-state index contributed by atoms with van der Waals surface area (Å²) in [5.74, 6) is 0.0517. The van der Waals surface area contributed by atoms with E-state index in [1.807, 2.05) is 0 Å². The van der Waals surface area contributed by atoms with E-state index in [2.05, 4.69) is 15.0 Å². The molecule has 1 aromatic heterocycles. The van der Waals surface area contributed by atoms with Gasteiger partial charge in [-0.1, -0.05) is 12.1 Å². The lowest BCUT2D eigenvalue weighted by Gasteiger charge is -2.00. The second kappa shape index (κ2) is 8.38. The minimum atomic E-state index is -0.409. The number of amides is 1. The van der Waals surface area contributed by atoms with Crippen LogP contribution in [0.5, 0.6) is 0 Å². The predicted octanol–water partition coefficient (Wildman–Crippen LogP) is 4.76. The summed E-state index contributed by atoms with van der Waals surface area (Å²) in [6.07, 6.45) is 1.62. The topological polar surface area (TPSA) is 80.9 Å². The summed E-state index contributed by atoms with van der Waals surface area (Å²) in [4.78, 5) is 28.5. The number of amidine groups is 1. The van der Waals surface area contributed by atoms with Gasteiger partial charge < -0.3 is 14.5 Å². The molecule has 8 heteroatoms. The molecule has 0 saturated carbocycles. The number of nitrogens with one attached hydrogen (secondary N) is 1. The van der Waals surface area contributed by atoms with Crippen molar-refractivity contribution < 1.29 is 23.1 Å². The molecule has 30 heavy (non-hydrogen) atoms. The number of hydrogen-bond donors (Lipinski definition) is 1. The first-order chi connectivity index (χ1) is 14.5. The van der Waals surface area contributed by atoms with Crippen LogP contribution in [-0.2, 0) is 9.53 Å². The number of esters is 1. The highest BCUT2D eigenvalue weighted by atomic mass is 32.2. The maximum absolute atomic E-state index is 13.0. The second-order valence-corrected chi connectivity index (χ2v) is 7.26. The lowest BCUT2D eigenvalue weighted by Crippen LogP contribution is -2.19. The van der Waals surface area contributed by atoms with Crippen LogP contribution in [0.4, 0.5) is 10.1 Å². The number of benzene rings is 2. The number of hydrogen-bond acceptors (Lipinski definition) is 6. The third-order valence-electron chi connectivity index (χ3n) is 4.20. The smallest absolute Gasteiger partial charge is 0.337 e. The van der Waals surface area contributed by atoms with Crippen molar-refractivity contribution in [3.05, 3.63) is 82.7 Å². The Morgan fingerprint density at radius 3 is 2.53 bits per heavy atom. The van der Waals surface area contributed by atoms with Crippen molar-refractivity contribution in [3.63, 3.8) is 0 Å². The van der Waals surface area contributed by atoms with Crippen molar-refractivity contribution in [2.75, 3.05) is 7.11 Å². The fraction of sp³-hybridized carbons (Fsp3) is 0.0455. The van der Waals surface area contributed by atoms with E-state index in [1.54, 1.807) is 42.5 Å². The summed E-state index contributed by atoms with van der Waals surface area (Å²) < 4.78 is 23.5. The number of nitrogens with zero attached hydrogens (tertiary/aromatic N) is 1. The molecule has 2 heterocycles. The number of carbonyl (C=O) groups is 2. The van der Waals surface area contributed by atoms with E-state index in [0.29, 0.717) is 32.8 Å². The van der Waals surface area contributed by atoms with E-state index in [0.717, 1.165) is 5.56 Å². The van der Waals surface area contributed by atoms with E-state index < -0.39 is 5.97 Å². The highest BCUT2D eigenvalue weighted by Gasteiger charge is 2.24. The minimum absolute atomic E-state index is 0.291. The molecule has 3 aromatic rings. The van der Waals surface area contributed by atoms with Crippen molar-refractivity contribution >= 4 is 40.6 Å². The predicted molar refractivity (Wildman–Crippen MR) is 113 cm³/mol. The third kappa shape index (κ3) is 4.33. The standard InChI is InChI=1S/C22H15FN2O4S/c1-28-21(27)14-4-2-13(3-5-14)18-11-10-17(29-18)12-19-20(26)25-22(30-19)24-16-8-6-15(23)7-9-16/h2-12H,1H3,(H,24,25,26)/b19-12+. The Morgan fingerprint density at radius 2 is 1.83 bits per heavy atom. The highest BCUT2D eigenvalue weighted by molar-refractivity contribution is 8.18. The van der Waals surface area contributed by atoms with Gasteiger partial charge in [-0.25, -0.2) is 14.2 Å². The molecule has 4 rings (SSSR count). The maximum Gasteiger partial charge on any atom is 0.337 e. The van der Waals surface area contributed by atoms with Crippen molar-refractivity contribution in [2.45, 2.75) is 0 Å². The van der Waals surface area contributed by atoms with Gasteiger partial charge in [-0.2, -0.15) is 0 Å². The summed E-state index contributed by atoms with van der Waals surface area (Å²) in [6, 6.07) is 16.0. The zero-order valence-electron chi connectivity index (χ0n) is 15.7. The first-order valence-electron chi connectivity index (χ1n) is 8.85. The van der Waals surface area contributed by atoms with Crippen LogP contribution in [-0.4, -0.2) is 24.2 Å². The van der Waals surface area contributed by atoms with Gasteiger partial charge in [0.15, 0.2) is 5.17 Å². The molecule has 0 spiro atoms. The molecular weight excluding hydrogens is 407 g/mol. The van der Waals surface area contributed by atoms with Crippen LogP contribution in [0, 0.1) is 5.82 Å². The summed E-state index contributed by atoms with van der Waals surface area (Å²) in [7, 11) is 1.33. The van der Waals surface area contributed by atoms with E-state index >= 15 is 0 Å². The van der Waals surface area contributed by atoms with Crippen LogP contribution in [0.2, 0.25) is 0 Å². The number of carbonyl (C=O) groups excluding carboxylic acids is 2. The molecule has 150 valence electrons. The SMILES string of the molecule is COC(=O)c1ccc(-c2ccc(/C=C3/SC(=Nc4ccc(F)cc4)NC3=O)o2)cc1. The van der Waals surface area contributed by atoms with Crippen LogP contribution in [0.15, 0.2) is 75.0 Å². The van der Waals surface area contributed by atoms with E-state index in [1.165, 1.54) is 43.1 Å². The van der Waals surface area contributed by atoms with Gasteiger partial charge in [0.25, 0.3) is 5.91 Å². The summed E-state index contributed by atoms with van der Waals surface area (Å²) in [5, 5.41) is 3.08. The molecule has 1 aliphatic rings. The molecular formula is C22H15FN2O4S. The third-order valence-corrected chi connectivity index (χ3v) is 5.11. The molecule has 1 amide bonds. The number of ether oxygens (including phenoxy) is 1. The Labute approximate surface area is 175 Å². The number of rotatable bonds is 4. The number of aliphatic imine (C=N–C) groups is 1. The normalized spacial score (nSPS) is 16.1. The minimum Gasteiger partial charge on any atom is -0.465 e. The molecule has 1 aliphatic heterocycles. The van der Waals surface area contributed by atoms with Gasteiger partial charge in [0, 0.05) is 11.6 Å². The zero-order chi connectivity index (χ0) is 21.1. The summed E-state index contributed by atoms with van der Waals surface area (Å²) in [5.41, 5.74) is 1.77. The lowest BCUT2D eigenvalue weighted by atomic mass is 10.1. The fourth-order valence-corrected chi connectivity index (χ4v) is 3.54. The van der Waals surface area contributed by atoms with Crippen molar-refractivity contribution in [2.24, 2.45) is 4.99 Å². The fourth-order valence-electron chi connectivity index (χ4n) is 2.72. The molecule has 6 nitrogen and oxygen atoms in total. The molecule has 1 fully saturated rings. The average molecular weight is 422 g/mol. The zero-order valence-corrected chi connectivity index (χ0v) is 16.5. The van der Waals surface area contributed by atoms with Gasteiger partial charge in [0.05, 0.1) is 23.3 Å². The van der Waals surface area contributed by atoms with Crippen molar-refractivity contribution in [1.29, 1.82) is 0 Å². The Hall–Kier alpha value is -3.65. The molecule has 1 N–H and O–H groups in total. The molecule has 0 radical (unpaired) electrons. The lowest BCUT2D eigenvalue weighted by molar-refractivity contribution is -0.115. The molecule has 0 atom stereocenters. The largest absolute Gasteiger partial charge is 0.465 e. The van der Waals surface area contributed by atoms with E-state index in [-0.39, 0.29) is 11.7 Å².